The fourth-order valence-corrected chi connectivity index (χ4v) is 4.17. The van der Waals surface area contributed by atoms with Gasteiger partial charge >= 0.3 is 0 Å². The van der Waals surface area contributed by atoms with Gasteiger partial charge in [0, 0.05) is 24.9 Å². The number of benzene rings is 2. The van der Waals surface area contributed by atoms with E-state index < -0.39 is 0 Å². The van der Waals surface area contributed by atoms with Gasteiger partial charge < -0.3 is 4.90 Å². The highest BCUT2D eigenvalue weighted by Gasteiger charge is 2.11. The summed E-state index contributed by atoms with van der Waals surface area (Å²) >= 11 is 3.33. The lowest BCUT2D eigenvalue weighted by Gasteiger charge is -2.16. The lowest BCUT2D eigenvalue weighted by atomic mass is 10.3. The number of nitrogens with zero attached hydrogens (tertiary/aromatic N) is 2. The van der Waals surface area contributed by atoms with Crippen LogP contribution in [0.2, 0.25) is 0 Å². The van der Waals surface area contributed by atoms with E-state index >= 15 is 0 Å². The van der Waals surface area contributed by atoms with Gasteiger partial charge in [0.1, 0.15) is 0 Å². The summed E-state index contributed by atoms with van der Waals surface area (Å²) < 4.78 is 2.22. The Balaban J connectivity index is 1.55. The monoisotopic (exact) mass is 328 g/mol. The summed E-state index contributed by atoms with van der Waals surface area (Å²) in [6.07, 6.45) is 0.506. The van der Waals surface area contributed by atoms with Crippen molar-refractivity contribution < 1.29 is 4.79 Å². The second-order valence-corrected chi connectivity index (χ2v) is 7.21. The Labute approximate surface area is 138 Å². The molecule has 0 saturated carbocycles. The molecule has 0 saturated heterocycles. The van der Waals surface area contributed by atoms with E-state index in [0.717, 1.165) is 21.3 Å². The number of amides is 1. The second kappa shape index (κ2) is 6.94. The van der Waals surface area contributed by atoms with Crippen LogP contribution in [-0.4, -0.2) is 23.7 Å². The predicted molar refractivity (Wildman–Crippen MR) is 94.8 cm³/mol. The summed E-state index contributed by atoms with van der Waals surface area (Å²) in [6, 6.07) is 17.8. The van der Waals surface area contributed by atoms with Crippen LogP contribution in [0.15, 0.2) is 58.9 Å². The normalized spacial score (nSPS) is 10.8. The van der Waals surface area contributed by atoms with Crippen LogP contribution in [0.1, 0.15) is 6.42 Å². The minimum Gasteiger partial charge on any atom is -0.315 e. The number of hydrogen-bond acceptors (Lipinski definition) is 4. The summed E-state index contributed by atoms with van der Waals surface area (Å²) in [5, 5.41) is 0. The summed E-state index contributed by atoms with van der Waals surface area (Å²) in [7, 11) is 1.82. The third-order valence-electron chi connectivity index (χ3n) is 3.33. The molecule has 0 radical (unpaired) electrons. The molecule has 0 aliphatic heterocycles. The van der Waals surface area contributed by atoms with Gasteiger partial charge in [0.15, 0.2) is 4.34 Å². The van der Waals surface area contributed by atoms with Gasteiger partial charge in [0.25, 0.3) is 0 Å². The molecule has 5 heteroatoms. The van der Waals surface area contributed by atoms with E-state index in [1.165, 1.54) is 4.70 Å². The standard InChI is InChI=1S/C17H16N2OS2/c1-19(13-7-3-2-4-8-13)16(20)11-12-21-17-18-14-9-5-6-10-15(14)22-17/h2-10H,11-12H2,1H3. The van der Waals surface area contributed by atoms with E-state index in [0.29, 0.717) is 6.42 Å². The van der Waals surface area contributed by atoms with E-state index in [4.69, 9.17) is 0 Å². The predicted octanol–water partition coefficient (Wildman–Crippen LogP) is 4.44. The highest BCUT2D eigenvalue weighted by atomic mass is 32.2. The first kappa shape index (κ1) is 15.1. The molecular formula is C17H16N2OS2. The fourth-order valence-electron chi connectivity index (χ4n) is 2.10. The van der Waals surface area contributed by atoms with E-state index in [-0.39, 0.29) is 5.91 Å². The van der Waals surface area contributed by atoms with E-state index in [9.17, 15) is 4.79 Å². The Morgan fingerprint density at radius 2 is 1.86 bits per heavy atom. The van der Waals surface area contributed by atoms with E-state index in [1.807, 2.05) is 55.6 Å². The van der Waals surface area contributed by atoms with Crippen LogP contribution in [0.4, 0.5) is 5.69 Å². The molecule has 1 heterocycles. The zero-order valence-corrected chi connectivity index (χ0v) is 13.9. The van der Waals surface area contributed by atoms with Crippen LogP contribution in [0, 0.1) is 0 Å². The lowest BCUT2D eigenvalue weighted by Crippen LogP contribution is -2.26. The summed E-state index contributed by atoms with van der Waals surface area (Å²) in [4.78, 5) is 18.5. The minimum atomic E-state index is 0.125. The third kappa shape index (κ3) is 3.48. The molecule has 0 aliphatic carbocycles. The third-order valence-corrected chi connectivity index (χ3v) is 5.51. The van der Waals surface area contributed by atoms with Gasteiger partial charge in [-0.15, -0.1) is 11.3 Å². The molecule has 3 aromatic rings. The van der Waals surface area contributed by atoms with Crippen molar-refractivity contribution in [3.05, 3.63) is 54.6 Å². The van der Waals surface area contributed by atoms with Crippen molar-refractivity contribution in [2.24, 2.45) is 0 Å². The molecule has 0 N–H and O–H groups in total. The molecule has 0 atom stereocenters. The number of fused-ring (bicyclic) bond motifs is 1. The maximum Gasteiger partial charge on any atom is 0.227 e. The molecule has 1 aromatic heterocycles. The number of thiazole rings is 1. The largest absolute Gasteiger partial charge is 0.315 e. The Hall–Kier alpha value is -1.85. The Kier molecular flexibility index (Phi) is 4.75. The van der Waals surface area contributed by atoms with Crippen molar-refractivity contribution in [3.63, 3.8) is 0 Å². The lowest BCUT2D eigenvalue weighted by molar-refractivity contribution is -0.117. The first-order valence-electron chi connectivity index (χ1n) is 7.04. The number of para-hydroxylation sites is 2. The zero-order valence-electron chi connectivity index (χ0n) is 12.2. The number of anilines is 1. The quantitative estimate of drug-likeness (QED) is 0.649. The van der Waals surface area contributed by atoms with Gasteiger partial charge in [-0.3, -0.25) is 4.79 Å². The van der Waals surface area contributed by atoms with Gasteiger partial charge in [-0.25, -0.2) is 4.98 Å². The maximum atomic E-state index is 12.2. The van der Waals surface area contributed by atoms with Crippen molar-refractivity contribution in [1.29, 1.82) is 0 Å². The second-order valence-electron chi connectivity index (χ2n) is 4.83. The molecule has 0 bridgehead atoms. The molecule has 2 aromatic carbocycles. The van der Waals surface area contributed by atoms with Crippen molar-refractivity contribution in [3.8, 4) is 0 Å². The van der Waals surface area contributed by atoms with Crippen LogP contribution < -0.4 is 4.90 Å². The molecule has 3 rings (SSSR count). The van der Waals surface area contributed by atoms with Gasteiger partial charge in [0.05, 0.1) is 10.2 Å². The molecule has 22 heavy (non-hydrogen) atoms. The van der Waals surface area contributed by atoms with Gasteiger partial charge in [0.2, 0.25) is 5.91 Å². The number of carbonyl (C=O) groups excluding carboxylic acids is 1. The summed E-state index contributed by atoms with van der Waals surface area (Å²) in [5.74, 6) is 0.871. The Morgan fingerprint density at radius 1 is 1.14 bits per heavy atom. The van der Waals surface area contributed by atoms with Crippen molar-refractivity contribution in [2.45, 2.75) is 10.8 Å². The molecular weight excluding hydrogens is 312 g/mol. The van der Waals surface area contributed by atoms with Gasteiger partial charge in [-0.1, -0.05) is 42.1 Å². The Bertz CT molecular complexity index is 737. The number of rotatable bonds is 5. The van der Waals surface area contributed by atoms with Gasteiger partial charge in [-0.05, 0) is 24.3 Å². The molecule has 0 aliphatic rings. The smallest absolute Gasteiger partial charge is 0.227 e. The van der Waals surface area contributed by atoms with Crippen LogP contribution in [0.25, 0.3) is 10.2 Å². The zero-order chi connectivity index (χ0) is 15.4. The minimum absolute atomic E-state index is 0.125. The first-order chi connectivity index (χ1) is 10.7. The molecule has 0 spiro atoms. The average molecular weight is 328 g/mol. The number of aromatic nitrogens is 1. The summed E-state index contributed by atoms with van der Waals surface area (Å²) in [6.45, 7) is 0. The number of hydrogen-bond donors (Lipinski definition) is 0. The Morgan fingerprint density at radius 3 is 2.64 bits per heavy atom. The van der Waals surface area contributed by atoms with Crippen molar-refractivity contribution >= 4 is 44.9 Å². The number of carbonyl (C=O) groups is 1. The average Bonchev–Trinajstić information content (AvgIpc) is 2.97. The topological polar surface area (TPSA) is 33.2 Å². The van der Waals surface area contributed by atoms with Crippen molar-refractivity contribution in [1.82, 2.24) is 4.98 Å². The molecule has 0 unspecified atom stereocenters. The van der Waals surface area contributed by atoms with Gasteiger partial charge in [-0.2, -0.15) is 0 Å². The van der Waals surface area contributed by atoms with E-state index in [1.54, 1.807) is 28.0 Å². The molecule has 0 fully saturated rings. The van der Waals surface area contributed by atoms with Crippen LogP contribution in [0.5, 0.6) is 0 Å². The molecule has 3 nitrogen and oxygen atoms in total. The highest BCUT2D eigenvalue weighted by molar-refractivity contribution is 8.01. The highest BCUT2D eigenvalue weighted by Crippen LogP contribution is 2.29. The van der Waals surface area contributed by atoms with E-state index in [2.05, 4.69) is 11.1 Å². The van der Waals surface area contributed by atoms with Crippen molar-refractivity contribution in [2.75, 3.05) is 17.7 Å². The number of thioether (sulfide) groups is 1. The van der Waals surface area contributed by atoms with Crippen LogP contribution in [0.3, 0.4) is 0 Å². The van der Waals surface area contributed by atoms with Crippen LogP contribution in [-0.2, 0) is 4.79 Å². The molecule has 1 amide bonds. The first-order valence-corrected chi connectivity index (χ1v) is 8.84. The summed E-state index contributed by atoms with van der Waals surface area (Å²) in [5.41, 5.74) is 1.96. The maximum absolute atomic E-state index is 12.2. The molecule has 112 valence electrons. The fraction of sp³-hybridized carbons (Fsp3) is 0.176. The van der Waals surface area contributed by atoms with Crippen LogP contribution >= 0.6 is 23.1 Å². The SMILES string of the molecule is CN(C(=O)CCSc1nc2ccccc2s1)c1ccccc1.